The molecule has 0 aromatic carbocycles. The summed E-state index contributed by atoms with van der Waals surface area (Å²) in [5.74, 6) is -0.287. The van der Waals surface area contributed by atoms with E-state index in [2.05, 4.69) is 0 Å². The molecule has 0 radical (unpaired) electrons. The molecule has 0 spiro atoms. The Bertz CT molecular complexity index is 131. The number of hydrogen-bond acceptors (Lipinski definition) is 0. The van der Waals surface area contributed by atoms with E-state index in [9.17, 15) is 13.2 Å². The van der Waals surface area contributed by atoms with Crippen molar-refractivity contribution in [3.63, 3.8) is 0 Å². The van der Waals surface area contributed by atoms with Crippen LogP contribution in [0.1, 0.15) is 26.7 Å². The molecule has 0 aromatic heterocycles. The summed E-state index contributed by atoms with van der Waals surface area (Å²) in [5.41, 5.74) is 0. The Labute approximate surface area is 64.8 Å². The van der Waals surface area contributed by atoms with Crippen LogP contribution in [0.3, 0.4) is 0 Å². The number of hydrogen-bond donors (Lipinski definition) is 0. The normalized spacial score (nSPS) is 32.2. The topological polar surface area (TPSA) is 0 Å². The maximum atomic E-state index is 11.9. The average Bonchev–Trinajstić information content (AvgIpc) is 1.51. The first kappa shape index (κ1) is 8.88. The van der Waals surface area contributed by atoms with E-state index in [1.54, 1.807) is 0 Å². The molecule has 0 nitrogen and oxygen atoms in total. The van der Waals surface area contributed by atoms with Gasteiger partial charge in [-0.25, -0.2) is 0 Å². The molecule has 11 heavy (non-hydrogen) atoms. The highest BCUT2D eigenvalue weighted by Gasteiger charge is 2.48. The second-order valence-electron chi connectivity index (χ2n) is 3.71. The standard InChI is InChI=1S/C8H13F3/c1-5(2)6-3-7(4-6)8(9,10)11/h5-7H,3-4H2,1-2H3/t6-,7+. The molecule has 0 atom stereocenters. The largest absolute Gasteiger partial charge is 0.391 e. The van der Waals surface area contributed by atoms with Gasteiger partial charge in [0.2, 0.25) is 0 Å². The lowest BCUT2D eigenvalue weighted by atomic mass is 9.69. The van der Waals surface area contributed by atoms with Gasteiger partial charge in [0.25, 0.3) is 0 Å². The minimum Gasteiger partial charge on any atom is -0.171 e. The first-order valence-electron chi connectivity index (χ1n) is 3.98. The summed E-state index contributed by atoms with van der Waals surface area (Å²) in [5, 5.41) is 0. The highest BCUT2D eigenvalue weighted by molar-refractivity contribution is 4.85. The van der Waals surface area contributed by atoms with Crippen LogP contribution in [0.4, 0.5) is 13.2 Å². The van der Waals surface area contributed by atoms with Crippen molar-refractivity contribution in [1.29, 1.82) is 0 Å². The zero-order valence-corrected chi connectivity index (χ0v) is 6.78. The van der Waals surface area contributed by atoms with Crippen LogP contribution in [0.15, 0.2) is 0 Å². The van der Waals surface area contributed by atoms with Crippen LogP contribution in [0.2, 0.25) is 0 Å². The van der Waals surface area contributed by atoms with Gasteiger partial charge in [-0.2, -0.15) is 13.2 Å². The van der Waals surface area contributed by atoms with Gasteiger partial charge in [0.05, 0.1) is 5.92 Å². The second kappa shape index (κ2) is 2.68. The van der Waals surface area contributed by atoms with E-state index in [1.807, 2.05) is 13.8 Å². The Balaban J connectivity index is 2.30. The molecule has 0 unspecified atom stereocenters. The lowest BCUT2D eigenvalue weighted by Crippen LogP contribution is -2.37. The first-order chi connectivity index (χ1) is 4.91. The van der Waals surface area contributed by atoms with Crippen LogP contribution in [0, 0.1) is 17.8 Å². The van der Waals surface area contributed by atoms with Gasteiger partial charge >= 0.3 is 6.18 Å². The third kappa shape index (κ3) is 1.88. The van der Waals surface area contributed by atoms with Crippen molar-refractivity contribution >= 4 is 0 Å². The average molecular weight is 166 g/mol. The predicted molar refractivity (Wildman–Crippen MR) is 37.1 cm³/mol. The first-order valence-corrected chi connectivity index (χ1v) is 3.98. The molecule has 0 amide bonds. The van der Waals surface area contributed by atoms with Crippen molar-refractivity contribution < 1.29 is 13.2 Å². The Kier molecular flexibility index (Phi) is 2.17. The lowest BCUT2D eigenvalue weighted by Gasteiger charge is -2.38. The molecular formula is C8H13F3. The molecular weight excluding hydrogens is 153 g/mol. The molecule has 0 N–H and O–H groups in total. The Morgan fingerprint density at radius 1 is 1.18 bits per heavy atom. The van der Waals surface area contributed by atoms with E-state index in [1.165, 1.54) is 0 Å². The van der Waals surface area contributed by atoms with Gasteiger partial charge in [0.1, 0.15) is 0 Å². The lowest BCUT2D eigenvalue weighted by molar-refractivity contribution is -0.207. The van der Waals surface area contributed by atoms with E-state index >= 15 is 0 Å². The summed E-state index contributed by atoms with van der Waals surface area (Å²) in [6, 6.07) is 0. The molecule has 0 aliphatic heterocycles. The molecule has 0 bridgehead atoms. The van der Waals surface area contributed by atoms with Crippen LogP contribution in [0.25, 0.3) is 0 Å². The van der Waals surface area contributed by atoms with Crippen LogP contribution < -0.4 is 0 Å². The van der Waals surface area contributed by atoms with Gasteiger partial charge in [-0.15, -0.1) is 0 Å². The van der Waals surface area contributed by atoms with Gasteiger partial charge < -0.3 is 0 Å². The molecule has 0 heterocycles. The third-order valence-electron chi connectivity index (χ3n) is 2.58. The summed E-state index contributed by atoms with van der Waals surface area (Å²) < 4.78 is 35.8. The van der Waals surface area contributed by atoms with Crippen molar-refractivity contribution in [3.8, 4) is 0 Å². The summed E-state index contributed by atoms with van der Waals surface area (Å²) >= 11 is 0. The minimum atomic E-state index is -3.94. The quantitative estimate of drug-likeness (QED) is 0.561. The Morgan fingerprint density at radius 2 is 1.64 bits per heavy atom. The molecule has 0 saturated heterocycles. The summed E-state index contributed by atoms with van der Waals surface area (Å²) in [4.78, 5) is 0. The molecule has 1 aliphatic carbocycles. The van der Waals surface area contributed by atoms with Crippen molar-refractivity contribution in [2.75, 3.05) is 0 Å². The van der Waals surface area contributed by atoms with Gasteiger partial charge in [0, 0.05) is 0 Å². The smallest absolute Gasteiger partial charge is 0.171 e. The molecule has 66 valence electrons. The van der Waals surface area contributed by atoms with Crippen molar-refractivity contribution in [2.24, 2.45) is 17.8 Å². The zero-order valence-electron chi connectivity index (χ0n) is 6.78. The van der Waals surface area contributed by atoms with Gasteiger partial charge in [-0.1, -0.05) is 13.8 Å². The van der Waals surface area contributed by atoms with Crippen LogP contribution >= 0.6 is 0 Å². The number of halogens is 3. The maximum Gasteiger partial charge on any atom is 0.391 e. The monoisotopic (exact) mass is 166 g/mol. The predicted octanol–water partition coefficient (Wildman–Crippen LogP) is 3.23. The SMILES string of the molecule is CC(C)[C@H]1C[C@@H](C(F)(F)F)C1. The fraction of sp³-hybridized carbons (Fsp3) is 1.00. The summed E-state index contributed by atoms with van der Waals surface area (Å²) in [7, 11) is 0. The zero-order chi connectivity index (χ0) is 8.65. The molecule has 1 saturated carbocycles. The van der Waals surface area contributed by atoms with Crippen LogP contribution in [-0.2, 0) is 0 Å². The van der Waals surface area contributed by atoms with Crippen molar-refractivity contribution in [3.05, 3.63) is 0 Å². The summed E-state index contributed by atoms with van der Waals surface area (Å²) in [6.07, 6.45) is -3.24. The fourth-order valence-electron chi connectivity index (χ4n) is 1.47. The third-order valence-corrected chi connectivity index (χ3v) is 2.58. The Hall–Kier alpha value is -0.210. The van der Waals surface area contributed by atoms with Gasteiger partial charge in [-0.3, -0.25) is 0 Å². The molecule has 1 fully saturated rings. The van der Waals surface area contributed by atoms with Gasteiger partial charge in [-0.05, 0) is 24.7 Å². The fourth-order valence-corrected chi connectivity index (χ4v) is 1.47. The molecule has 0 aromatic rings. The van der Waals surface area contributed by atoms with Crippen molar-refractivity contribution in [1.82, 2.24) is 0 Å². The molecule has 1 aliphatic rings. The highest BCUT2D eigenvalue weighted by Crippen LogP contribution is 2.47. The summed E-state index contributed by atoms with van der Waals surface area (Å²) in [6.45, 7) is 3.97. The van der Waals surface area contributed by atoms with E-state index < -0.39 is 12.1 Å². The minimum absolute atomic E-state index is 0.307. The van der Waals surface area contributed by atoms with Crippen LogP contribution in [-0.4, -0.2) is 6.18 Å². The van der Waals surface area contributed by atoms with E-state index in [0.717, 1.165) is 0 Å². The highest BCUT2D eigenvalue weighted by atomic mass is 19.4. The maximum absolute atomic E-state index is 11.9. The second-order valence-corrected chi connectivity index (χ2v) is 3.71. The number of alkyl halides is 3. The van der Waals surface area contributed by atoms with Crippen LogP contribution in [0.5, 0.6) is 0 Å². The van der Waals surface area contributed by atoms with E-state index in [0.29, 0.717) is 24.7 Å². The Morgan fingerprint density at radius 3 is 1.91 bits per heavy atom. The molecule has 3 heteroatoms. The molecule has 1 rings (SSSR count). The van der Waals surface area contributed by atoms with Gasteiger partial charge in [0.15, 0.2) is 0 Å². The van der Waals surface area contributed by atoms with Crippen molar-refractivity contribution in [2.45, 2.75) is 32.9 Å². The number of rotatable bonds is 1. The van der Waals surface area contributed by atoms with E-state index in [-0.39, 0.29) is 0 Å². The van der Waals surface area contributed by atoms with E-state index in [4.69, 9.17) is 0 Å².